The molecule has 174 valence electrons. The Kier molecular flexibility index (Phi) is 6.94. The smallest absolute Gasteiger partial charge is 0.435 e. The van der Waals surface area contributed by atoms with Crippen LogP contribution in [0.2, 0.25) is 0 Å². The van der Waals surface area contributed by atoms with Crippen molar-refractivity contribution in [3.8, 4) is 0 Å². The zero-order valence-corrected chi connectivity index (χ0v) is 18.5. The number of nitrogens with two attached hydrogens (primary N) is 1. The van der Waals surface area contributed by atoms with Gasteiger partial charge in [-0.3, -0.25) is 9.59 Å². The molecule has 0 spiro atoms. The van der Waals surface area contributed by atoms with Crippen molar-refractivity contribution in [2.75, 3.05) is 13.4 Å². The van der Waals surface area contributed by atoms with Crippen LogP contribution in [0.25, 0.3) is 0 Å². The number of ether oxygens (including phenoxy) is 3. The Bertz CT molecular complexity index is 911. The van der Waals surface area contributed by atoms with Crippen molar-refractivity contribution in [3.63, 3.8) is 0 Å². The van der Waals surface area contributed by atoms with E-state index >= 15 is 0 Å². The molecule has 2 aliphatic heterocycles. The summed E-state index contributed by atoms with van der Waals surface area (Å²) in [5.41, 5.74) is 6.33. The molecule has 0 radical (unpaired) electrons. The van der Waals surface area contributed by atoms with E-state index in [9.17, 15) is 23.6 Å². The van der Waals surface area contributed by atoms with Gasteiger partial charge in [0.2, 0.25) is 18.6 Å². The third kappa shape index (κ3) is 4.65. The number of esters is 1. The monoisotopic (exact) mass is 469 g/mol. The van der Waals surface area contributed by atoms with Crippen LogP contribution in [0.5, 0.6) is 0 Å². The molecule has 10 nitrogen and oxygen atoms in total. The highest BCUT2D eigenvalue weighted by Gasteiger charge is 2.64. The van der Waals surface area contributed by atoms with Gasteiger partial charge in [-0.2, -0.15) is 0 Å². The number of fused-ring (bicyclic) bond motifs is 1. The number of nitrogens with one attached hydrogen (secondary N) is 1. The van der Waals surface area contributed by atoms with E-state index in [1.807, 2.05) is 0 Å². The molecule has 2 unspecified atom stereocenters. The van der Waals surface area contributed by atoms with Gasteiger partial charge in [-0.25, -0.2) is 14.0 Å². The molecule has 12 heteroatoms. The minimum atomic E-state index is -1.09. The molecule has 0 saturated carbocycles. The summed E-state index contributed by atoms with van der Waals surface area (Å²) in [6.07, 6.45) is -0.974. The Morgan fingerprint density at radius 2 is 1.88 bits per heavy atom. The van der Waals surface area contributed by atoms with Crippen LogP contribution in [0.4, 0.5) is 9.18 Å². The van der Waals surface area contributed by atoms with Crippen molar-refractivity contribution in [1.82, 2.24) is 10.2 Å². The van der Waals surface area contributed by atoms with Gasteiger partial charge in [-0.05, 0) is 38.5 Å². The molecular weight excluding hydrogens is 445 g/mol. The first-order chi connectivity index (χ1) is 15.1. The number of β-lactam (4-membered cyclic amide) rings is 1. The van der Waals surface area contributed by atoms with Crippen LogP contribution in [-0.2, 0) is 28.6 Å². The van der Waals surface area contributed by atoms with Crippen LogP contribution in [-0.4, -0.2) is 64.4 Å². The maximum absolute atomic E-state index is 13.1. The number of halogens is 1. The molecule has 1 aromatic rings. The maximum atomic E-state index is 13.1. The maximum Gasteiger partial charge on any atom is 0.511 e. The van der Waals surface area contributed by atoms with E-state index in [2.05, 4.69) is 14.8 Å². The molecule has 3 N–H and O–H groups in total. The predicted molar refractivity (Wildman–Crippen MR) is 110 cm³/mol. The van der Waals surface area contributed by atoms with Crippen LogP contribution < -0.4 is 11.1 Å². The van der Waals surface area contributed by atoms with Gasteiger partial charge in [-0.15, -0.1) is 11.8 Å². The van der Waals surface area contributed by atoms with E-state index in [1.165, 1.54) is 40.9 Å². The highest BCUT2D eigenvalue weighted by Crippen LogP contribution is 2.51. The summed E-state index contributed by atoms with van der Waals surface area (Å²) in [6, 6.07) is 2.28. The molecule has 0 aromatic heterocycles. The van der Waals surface area contributed by atoms with Gasteiger partial charge in [-0.1, -0.05) is 12.1 Å². The molecule has 1 aromatic carbocycles. The number of hydrogen-bond donors (Lipinski definition) is 2. The highest BCUT2D eigenvalue weighted by atomic mass is 32.2. The minimum Gasteiger partial charge on any atom is -0.435 e. The second-order valence-electron chi connectivity index (χ2n) is 7.68. The average molecular weight is 469 g/mol. The van der Waals surface area contributed by atoms with Crippen LogP contribution in [0.1, 0.15) is 32.4 Å². The number of nitrogens with zero attached hydrogens (tertiary/aromatic N) is 1. The summed E-state index contributed by atoms with van der Waals surface area (Å²) >= 11 is 1.33. The first-order valence-electron chi connectivity index (χ1n) is 9.84. The quantitative estimate of drug-likeness (QED) is 0.341. The molecule has 2 amide bonds. The SMILES string of the molecule is CCOC(=O)OCOC(=O)[C@@H]1N2C(=O)C(NC(=O)C(N)c3ccc(F)cc3)[C@H]2SC1(C)C. The lowest BCUT2D eigenvalue weighted by molar-refractivity contribution is -0.170. The molecular formula is C20H24FN3O7S. The molecule has 3 rings (SSSR count). The summed E-state index contributed by atoms with van der Waals surface area (Å²) in [5, 5.41) is 2.12. The van der Waals surface area contributed by atoms with Crippen molar-refractivity contribution < 1.29 is 37.8 Å². The van der Waals surface area contributed by atoms with E-state index < -0.39 is 64.8 Å². The number of amides is 2. The van der Waals surface area contributed by atoms with E-state index in [1.54, 1.807) is 20.8 Å². The second-order valence-corrected chi connectivity index (χ2v) is 9.45. The zero-order chi connectivity index (χ0) is 23.6. The fraction of sp³-hybridized carbons (Fsp3) is 0.500. The summed E-state index contributed by atoms with van der Waals surface area (Å²) in [6.45, 7) is 4.60. The minimum absolute atomic E-state index is 0.112. The van der Waals surface area contributed by atoms with Gasteiger partial charge >= 0.3 is 12.1 Å². The van der Waals surface area contributed by atoms with Crippen molar-refractivity contribution >= 4 is 35.7 Å². The fourth-order valence-corrected chi connectivity index (χ4v) is 5.19. The number of carbonyl (C=O) groups excluding carboxylic acids is 4. The Balaban J connectivity index is 1.60. The highest BCUT2D eigenvalue weighted by molar-refractivity contribution is 8.01. The van der Waals surface area contributed by atoms with E-state index in [0.717, 1.165) is 0 Å². The van der Waals surface area contributed by atoms with Gasteiger partial charge in [0.25, 0.3) is 0 Å². The lowest BCUT2D eigenvalue weighted by atomic mass is 9.95. The zero-order valence-electron chi connectivity index (χ0n) is 17.7. The second kappa shape index (κ2) is 9.33. The molecule has 0 bridgehead atoms. The Labute approximate surface area is 187 Å². The number of carbonyl (C=O) groups is 4. The number of hydrogen-bond acceptors (Lipinski definition) is 9. The van der Waals surface area contributed by atoms with Gasteiger partial charge in [0.1, 0.15) is 29.3 Å². The fourth-order valence-electron chi connectivity index (χ4n) is 3.57. The average Bonchev–Trinajstić information content (AvgIpc) is 2.99. The van der Waals surface area contributed by atoms with Crippen molar-refractivity contribution in [3.05, 3.63) is 35.6 Å². The van der Waals surface area contributed by atoms with E-state index in [-0.39, 0.29) is 6.61 Å². The summed E-state index contributed by atoms with van der Waals surface area (Å²) < 4.78 is 26.6. The van der Waals surface area contributed by atoms with Crippen LogP contribution in [0.3, 0.4) is 0 Å². The Hall–Kier alpha value is -2.86. The normalized spacial score (nSPS) is 24.1. The van der Waals surface area contributed by atoms with E-state index in [4.69, 9.17) is 10.5 Å². The summed E-state index contributed by atoms with van der Waals surface area (Å²) in [5.74, 6) is -2.25. The van der Waals surface area contributed by atoms with Crippen LogP contribution in [0.15, 0.2) is 24.3 Å². The molecule has 2 aliphatic rings. The first kappa shape index (κ1) is 23.8. The number of thioether (sulfide) groups is 1. The van der Waals surface area contributed by atoms with Gasteiger partial charge in [0.05, 0.1) is 6.61 Å². The summed E-state index contributed by atoms with van der Waals surface area (Å²) in [4.78, 5) is 50.4. The molecule has 4 atom stereocenters. The Morgan fingerprint density at radius 1 is 1.22 bits per heavy atom. The molecule has 2 fully saturated rings. The first-order valence-corrected chi connectivity index (χ1v) is 10.7. The van der Waals surface area contributed by atoms with Gasteiger partial charge in [0.15, 0.2) is 0 Å². The largest absolute Gasteiger partial charge is 0.511 e. The summed E-state index contributed by atoms with van der Waals surface area (Å²) in [7, 11) is 0. The van der Waals surface area contributed by atoms with Crippen LogP contribution in [0, 0.1) is 5.82 Å². The number of benzene rings is 1. The molecule has 2 saturated heterocycles. The van der Waals surface area contributed by atoms with Crippen molar-refractivity contribution in [1.29, 1.82) is 0 Å². The van der Waals surface area contributed by atoms with Crippen LogP contribution >= 0.6 is 11.8 Å². The molecule has 32 heavy (non-hydrogen) atoms. The van der Waals surface area contributed by atoms with E-state index in [0.29, 0.717) is 5.56 Å². The Morgan fingerprint density at radius 3 is 2.50 bits per heavy atom. The molecule has 0 aliphatic carbocycles. The molecule has 2 heterocycles. The van der Waals surface area contributed by atoms with Gasteiger partial charge < -0.3 is 30.2 Å². The van der Waals surface area contributed by atoms with Crippen molar-refractivity contribution in [2.24, 2.45) is 5.73 Å². The topological polar surface area (TPSA) is 137 Å². The lowest BCUT2D eigenvalue weighted by Crippen LogP contribution is -2.71. The lowest BCUT2D eigenvalue weighted by Gasteiger charge is -2.44. The standard InChI is InChI=1S/C20H24FN3O7S/c1-4-29-19(28)31-9-30-18(27)14-20(2,3)32-17-13(16(26)24(14)17)23-15(25)12(22)10-5-7-11(21)8-6-10/h5-8,12-14,17H,4,9,22H2,1-3H3,(H,23,25)/t12?,13?,14-,17+/m0/s1. The third-order valence-electron chi connectivity index (χ3n) is 5.11. The number of rotatable bonds is 7. The van der Waals surface area contributed by atoms with Gasteiger partial charge in [0, 0.05) is 4.75 Å². The van der Waals surface area contributed by atoms with Crippen molar-refractivity contribution in [2.45, 2.75) is 49.0 Å². The third-order valence-corrected chi connectivity index (χ3v) is 6.69. The predicted octanol–water partition coefficient (Wildman–Crippen LogP) is 1.05.